The molecule has 0 atom stereocenters. The van der Waals surface area contributed by atoms with E-state index in [0.717, 1.165) is 0 Å². The summed E-state index contributed by atoms with van der Waals surface area (Å²) in [5.74, 6) is 0.570. The van der Waals surface area contributed by atoms with Gasteiger partial charge >= 0.3 is 0 Å². The number of aromatic nitrogens is 2. The zero-order valence-electron chi connectivity index (χ0n) is 13.8. The van der Waals surface area contributed by atoms with E-state index in [4.69, 9.17) is 4.74 Å². The number of nitrogens with zero attached hydrogens (tertiary/aromatic N) is 2. The lowest BCUT2D eigenvalue weighted by Crippen LogP contribution is -2.22. The second-order valence-electron chi connectivity index (χ2n) is 5.12. The van der Waals surface area contributed by atoms with Gasteiger partial charge in [0.15, 0.2) is 5.16 Å². The first-order valence-corrected chi connectivity index (χ1v) is 9.54. The number of hydrogen-bond donors (Lipinski definition) is 1. The minimum atomic E-state index is -0.184. The maximum atomic E-state index is 12.5. The number of carbonyl (C=O) groups is 1. The molecule has 1 amide bonds. The molecule has 0 radical (unpaired) electrons. The SMILES string of the molecule is CCn1c(SCC(=O)Nc2ccccc2OC)nc2ccsc2c1=O. The first kappa shape index (κ1) is 17.5. The fraction of sp³-hybridized carbons (Fsp3) is 0.235. The molecule has 0 aliphatic rings. The highest BCUT2D eigenvalue weighted by Crippen LogP contribution is 2.24. The largest absolute Gasteiger partial charge is 0.495 e. The molecule has 0 aliphatic carbocycles. The number of hydrogen-bond acceptors (Lipinski definition) is 6. The highest BCUT2D eigenvalue weighted by molar-refractivity contribution is 7.99. The summed E-state index contributed by atoms with van der Waals surface area (Å²) in [6.45, 7) is 2.40. The van der Waals surface area contributed by atoms with E-state index >= 15 is 0 Å². The average molecular weight is 375 g/mol. The van der Waals surface area contributed by atoms with Crippen LogP contribution in [0.5, 0.6) is 5.75 Å². The molecule has 2 aromatic heterocycles. The third kappa shape index (κ3) is 3.69. The molecule has 130 valence electrons. The number of carbonyl (C=O) groups excluding carboxylic acids is 1. The van der Waals surface area contributed by atoms with Crippen LogP contribution in [0.3, 0.4) is 0 Å². The number of para-hydroxylation sites is 2. The highest BCUT2D eigenvalue weighted by Gasteiger charge is 2.14. The van der Waals surface area contributed by atoms with Crippen LogP contribution < -0.4 is 15.6 Å². The second kappa shape index (κ2) is 7.71. The Hall–Kier alpha value is -2.32. The number of methoxy groups -OCH3 is 1. The Balaban J connectivity index is 1.76. The number of nitrogens with one attached hydrogen (secondary N) is 1. The van der Waals surface area contributed by atoms with Gasteiger partial charge in [-0.25, -0.2) is 4.98 Å². The minimum absolute atomic E-state index is 0.0601. The number of benzene rings is 1. The fourth-order valence-electron chi connectivity index (χ4n) is 2.38. The van der Waals surface area contributed by atoms with Crippen LogP contribution in [-0.4, -0.2) is 28.3 Å². The lowest BCUT2D eigenvalue weighted by atomic mass is 10.3. The van der Waals surface area contributed by atoms with Crippen molar-refractivity contribution in [2.24, 2.45) is 0 Å². The molecular formula is C17H17N3O3S2. The molecule has 0 saturated heterocycles. The summed E-state index contributed by atoms with van der Waals surface area (Å²) in [7, 11) is 1.56. The molecule has 2 heterocycles. The molecule has 8 heteroatoms. The molecule has 25 heavy (non-hydrogen) atoms. The number of anilines is 1. The smallest absolute Gasteiger partial charge is 0.272 e. The van der Waals surface area contributed by atoms with Crippen LogP contribution in [0, 0.1) is 0 Å². The van der Waals surface area contributed by atoms with Crippen LogP contribution in [0.2, 0.25) is 0 Å². The zero-order chi connectivity index (χ0) is 17.8. The summed E-state index contributed by atoms with van der Waals surface area (Å²) < 4.78 is 7.46. The number of thiophene rings is 1. The van der Waals surface area contributed by atoms with Crippen LogP contribution in [0.15, 0.2) is 45.7 Å². The second-order valence-corrected chi connectivity index (χ2v) is 6.97. The van der Waals surface area contributed by atoms with Crippen molar-refractivity contribution in [2.75, 3.05) is 18.2 Å². The Labute approximate surface area is 152 Å². The monoisotopic (exact) mass is 375 g/mol. The molecule has 0 fully saturated rings. The molecule has 0 saturated carbocycles. The number of rotatable bonds is 6. The lowest BCUT2D eigenvalue weighted by Gasteiger charge is -2.11. The Morgan fingerprint density at radius 2 is 2.16 bits per heavy atom. The maximum Gasteiger partial charge on any atom is 0.272 e. The topological polar surface area (TPSA) is 73.2 Å². The van der Waals surface area contributed by atoms with Gasteiger partial charge in [0.05, 0.1) is 24.1 Å². The number of amides is 1. The fourth-order valence-corrected chi connectivity index (χ4v) is 4.02. The molecule has 0 unspecified atom stereocenters. The molecule has 0 bridgehead atoms. The summed E-state index contributed by atoms with van der Waals surface area (Å²) in [6, 6.07) is 9.04. The van der Waals surface area contributed by atoms with Gasteiger partial charge in [0.2, 0.25) is 5.91 Å². The van der Waals surface area contributed by atoms with Gasteiger partial charge in [0.1, 0.15) is 10.4 Å². The molecule has 6 nitrogen and oxygen atoms in total. The molecule has 3 rings (SSSR count). The Kier molecular flexibility index (Phi) is 5.40. The Bertz CT molecular complexity index is 965. The van der Waals surface area contributed by atoms with Crippen molar-refractivity contribution in [3.8, 4) is 5.75 Å². The molecule has 0 aliphatic heterocycles. The van der Waals surface area contributed by atoms with E-state index in [1.54, 1.807) is 23.8 Å². The van der Waals surface area contributed by atoms with Crippen molar-refractivity contribution < 1.29 is 9.53 Å². The predicted molar refractivity (Wildman–Crippen MR) is 102 cm³/mol. The van der Waals surface area contributed by atoms with E-state index < -0.39 is 0 Å². The summed E-state index contributed by atoms with van der Waals surface area (Å²) >= 11 is 2.63. The molecule has 3 aromatic rings. The van der Waals surface area contributed by atoms with Gasteiger partial charge in [-0.2, -0.15) is 0 Å². The van der Waals surface area contributed by atoms with Crippen LogP contribution in [0.4, 0.5) is 5.69 Å². The zero-order valence-corrected chi connectivity index (χ0v) is 15.4. The van der Waals surface area contributed by atoms with E-state index in [9.17, 15) is 9.59 Å². The summed E-state index contributed by atoms with van der Waals surface area (Å²) in [4.78, 5) is 29.2. The molecule has 0 spiro atoms. The third-order valence-electron chi connectivity index (χ3n) is 3.56. The van der Waals surface area contributed by atoms with E-state index in [1.807, 2.05) is 30.5 Å². The summed E-state index contributed by atoms with van der Waals surface area (Å²) in [6.07, 6.45) is 0. The van der Waals surface area contributed by atoms with Crippen LogP contribution in [0.1, 0.15) is 6.92 Å². The van der Waals surface area contributed by atoms with Crippen LogP contribution >= 0.6 is 23.1 Å². The van der Waals surface area contributed by atoms with Gasteiger partial charge in [-0.05, 0) is 30.5 Å². The third-order valence-corrected chi connectivity index (χ3v) is 5.43. The van der Waals surface area contributed by atoms with Gasteiger partial charge < -0.3 is 10.1 Å². The van der Waals surface area contributed by atoms with Crippen LogP contribution in [0.25, 0.3) is 10.2 Å². The van der Waals surface area contributed by atoms with E-state index in [1.165, 1.54) is 23.1 Å². The Morgan fingerprint density at radius 1 is 1.36 bits per heavy atom. The number of fused-ring (bicyclic) bond motifs is 1. The number of thioether (sulfide) groups is 1. The Morgan fingerprint density at radius 3 is 2.92 bits per heavy atom. The van der Waals surface area contributed by atoms with Gasteiger partial charge in [0, 0.05) is 6.54 Å². The molecular weight excluding hydrogens is 358 g/mol. The van der Waals surface area contributed by atoms with Crippen molar-refractivity contribution in [2.45, 2.75) is 18.6 Å². The summed E-state index contributed by atoms with van der Waals surface area (Å²) in [5, 5.41) is 5.22. The van der Waals surface area contributed by atoms with E-state index in [2.05, 4.69) is 10.3 Å². The normalized spacial score (nSPS) is 10.8. The molecule has 1 N–H and O–H groups in total. The predicted octanol–water partition coefficient (Wildman–Crippen LogP) is 3.22. The minimum Gasteiger partial charge on any atom is -0.495 e. The first-order chi connectivity index (χ1) is 12.1. The highest BCUT2D eigenvalue weighted by atomic mass is 32.2. The standard InChI is InChI=1S/C17H17N3O3S2/c1-3-20-16(22)15-12(8-9-24-15)19-17(20)25-10-14(21)18-11-6-4-5-7-13(11)23-2/h4-9H,3,10H2,1-2H3,(H,18,21). The van der Waals surface area contributed by atoms with Crippen molar-refractivity contribution in [1.29, 1.82) is 0 Å². The first-order valence-electron chi connectivity index (χ1n) is 7.67. The van der Waals surface area contributed by atoms with E-state index in [-0.39, 0.29) is 17.2 Å². The van der Waals surface area contributed by atoms with Crippen molar-refractivity contribution in [3.63, 3.8) is 0 Å². The van der Waals surface area contributed by atoms with Gasteiger partial charge in [0.25, 0.3) is 5.56 Å². The summed E-state index contributed by atoms with van der Waals surface area (Å²) in [5.41, 5.74) is 1.23. The van der Waals surface area contributed by atoms with Crippen molar-refractivity contribution in [1.82, 2.24) is 9.55 Å². The lowest BCUT2D eigenvalue weighted by molar-refractivity contribution is -0.113. The maximum absolute atomic E-state index is 12.5. The van der Waals surface area contributed by atoms with Crippen molar-refractivity contribution in [3.05, 3.63) is 46.1 Å². The van der Waals surface area contributed by atoms with Crippen molar-refractivity contribution >= 4 is 44.9 Å². The van der Waals surface area contributed by atoms with E-state index in [0.29, 0.717) is 33.4 Å². The van der Waals surface area contributed by atoms with Gasteiger partial charge in [-0.3, -0.25) is 14.2 Å². The quantitative estimate of drug-likeness (QED) is 0.529. The average Bonchev–Trinajstić information content (AvgIpc) is 3.09. The van der Waals surface area contributed by atoms with Gasteiger partial charge in [-0.15, -0.1) is 11.3 Å². The number of ether oxygens (including phenoxy) is 1. The van der Waals surface area contributed by atoms with Gasteiger partial charge in [-0.1, -0.05) is 23.9 Å². The van der Waals surface area contributed by atoms with Crippen LogP contribution in [-0.2, 0) is 11.3 Å². The molecule has 1 aromatic carbocycles.